The van der Waals surface area contributed by atoms with E-state index in [1.54, 1.807) is 12.1 Å². The topological polar surface area (TPSA) is 41.1 Å². The maximum Gasteiger partial charge on any atom is 0.405 e. The van der Waals surface area contributed by atoms with Gasteiger partial charge in [-0.25, -0.2) is 0 Å². The van der Waals surface area contributed by atoms with Crippen LogP contribution in [0.3, 0.4) is 0 Å². The van der Waals surface area contributed by atoms with E-state index in [-0.39, 0.29) is 0 Å². The summed E-state index contributed by atoms with van der Waals surface area (Å²) in [6.45, 7) is 0.193. The molecule has 7 heteroatoms. The van der Waals surface area contributed by atoms with E-state index in [1.165, 1.54) is 6.92 Å². The van der Waals surface area contributed by atoms with Crippen LogP contribution in [0, 0.1) is 3.57 Å². The molecule has 1 aromatic carbocycles. The molecule has 3 nitrogen and oxygen atoms in total. The van der Waals surface area contributed by atoms with Crippen molar-refractivity contribution in [2.45, 2.75) is 19.1 Å². The van der Waals surface area contributed by atoms with Crippen molar-refractivity contribution in [1.29, 1.82) is 0 Å². The lowest BCUT2D eigenvalue weighted by molar-refractivity contribution is -0.138. The van der Waals surface area contributed by atoms with E-state index in [4.69, 9.17) is 0 Å². The van der Waals surface area contributed by atoms with Crippen LogP contribution in [0.15, 0.2) is 24.3 Å². The minimum Gasteiger partial charge on any atom is -0.373 e. The Morgan fingerprint density at radius 1 is 1.39 bits per heavy atom. The van der Waals surface area contributed by atoms with Crippen LogP contribution in [0.5, 0.6) is 0 Å². The Bertz CT molecular complexity index is 423. The molecule has 0 aliphatic carbocycles. The molecule has 1 rings (SSSR count). The first-order chi connectivity index (χ1) is 8.29. The molecule has 1 atom stereocenters. The highest BCUT2D eigenvalue weighted by Gasteiger charge is 2.28. The molecule has 0 aromatic heterocycles. The Balaban J connectivity index is 2.53. The summed E-state index contributed by atoms with van der Waals surface area (Å²) in [5, 5.41) is 4.69. The number of nitrogens with one attached hydrogen (secondary N) is 2. The number of alkyl halides is 3. The van der Waals surface area contributed by atoms with E-state index < -0.39 is 24.7 Å². The molecule has 0 aliphatic heterocycles. The quantitative estimate of drug-likeness (QED) is 0.799. The van der Waals surface area contributed by atoms with Crippen LogP contribution in [0.2, 0.25) is 0 Å². The second kappa shape index (κ2) is 6.26. The molecule has 0 saturated heterocycles. The third-order valence-corrected chi connectivity index (χ3v) is 3.04. The number of amides is 1. The summed E-state index contributed by atoms with van der Waals surface area (Å²) in [4.78, 5) is 11.4. The number of para-hydroxylation sites is 1. The molecular weight excluding hydrogens is 360 g/mol. The summed E-state index contributed by atoms with van der Waals surface area (Å²) in [5.74, 6) is -0.688. The molecule has 1 aromatic rings. The van der Waals surface area contributed by atoms with Gasteiger partial charge in [0, 0.05) is 9.26 Å². The van der Waals surface area contributed by atoms with E-state index in [0.717, 1.165) is 3.57 Å². The number of hydrogen-bond acceptors (Lipinski definition) is 2. The molecule has 0 saturated carbocycles. The Labute approximate surface area is 116 Å². The van der Waals surface area contributed by atoms with Crippen molar-refractivity contribution in [3.8, 4) is 0 Å². The Morgan fingerprint density at radius 3 is 2.56 bits per heavy atom. The molecular formula is C11H12F3IN2O. The third-order valence-electron chi connectivity index (χ3n) is 2.10. The smallest absolute Gasteiger partial charge is 0.373 e. The number of halogens is 4. The average molecular weight is 372 g/mol. The normalized spacial score (nSPS) is 12.9. The summed E-state index contributed by atoms with van der Waals surface area (Å²) in [6, 6.07) is 6.48. The van der Waals surface area contributed by atoms with Crippen LogP contribution in [-0.4, -0.2) is 24.7 Å². The zero-order valence-electron chi connectivity index (χ0n) is 9.51. The number of anilines is 1. The summed E-state index contributed by atoms with van der Waals surface area (Å²) >= 11 is 2.08. The van der Waals surface area contributed by atoms with Crippen LogP contribution in [0.4, 0.5) is 18.9 Å². The fraction of sp³-hybridized carbons (Fsp3) is 0.364. The van der Waals surface area contributed by atoms with Gasteiger partial charge < -0.3 is 10.6 Å². The van der Waals surface area contributed by atoms with E-state index >= 15 is 0 Å². The van der Waals surface area contributed by atoms with E-state index in [9.17, 15) is 18.0 Å². The number of rotatable bonds is 4. The predicted octanol–water partition coefficient (Wildman–Crippen LogP) is 2.77. The first-order valence-corrected chi connectivity index (χ1v) is 6.23. The maximum absolute atomic E-state index is 11.9. The lowest BCUT2D eigenvalue weighted by Crippen LogP contribution is -2.42. The average Bonchev–Trinajstić information content (AvgIpc) is 2.28. The highest BCUT2D eigenvalue weighted by atomic mass is 127. The standard InChI is InChI=1S/C11H12F3IN2O/c1-7(10(18)16-6-11(12,13)14)17-9-5-3-2-4-8(9)15/h2-5,7,17H,6H2,1H3,(H,16,18). The van der Waals surface area contributed by atoms with Crippen LogP contribution >= 0.6 is 22.6 Å². The first-order valence-electron chi connectivity index (χ1n) is 5.15. The van der Waals surface area contributed by atoms with Crippen LogP contribution in [0.1, 0.15) is 6.92 Å². The van der Waals surface area contributed by atoms with Crippen molar-refractivity contribution in [2.24, 2.45) is 0 Å². The SMILES string of the molecule is CC(Nc1ccccc1I)C(=O)NCC(F)(F)F. The van der Waals surface area contributed by atoms with Crippen molar-refractivity contribution in [3.05, 3.63) is 27.8 Å². The largest absolute Gasteiger partial charge is 0.405 e. The van der Waals surface area contributed by atoms with Gasteiger partial charge >= 0.3 is 6.18 Å². The zero-order chi connectivity index (χ0) is 13.8. The predicted molar refractivity (Wildman–Crippen MR) is 71.3 cm³/mol. The fourth-order valence-corrected chi connectivity index (χ4v) is 1.76. The van der Waals surface area contributed by atoms with Gasteiger partial charge in [-0.3, -0.25) is 4.79 Å². The van der Waals surface area contributed by atoms with Gasteiger partial charge in [-0.1, -0.05) is 12.1 Å². The molecule has 100 valence electrons. The number of benzene rings is 1. The second-order valence-corrected chi connectivity index (χ2v) is 4.84. The molecule has 0 radical (unpaired) electrons. The van der Waals surface area contributed by atoms with Gasteiger partial charge in [-0.15, -0.1) is 0 Å². The summed E-state index contributed by atoms with van der Waals surface area (Å²) in [5.41, 5.74) is 0.716. The first kappa shape index (κ1) is 15.1. The lowest BCUT2D eigenvalue weighted by atomic mass is 10.2. The molecule has 0 spiro atoms. The van der Waals surface area contributed by atoms with E-state index in [0.29, 0.717) is 5.69 Å². The molecule has 0 fully saturated rings. The van der Waals surface area contributed by atoms with E-state index in [1.807, 2.05) is 17.4 Å². The summed E-state index contributed by atoms with van der Waals surface area (Å²) in [7, 11) is 0. The molecule has 1 amide bonds. The molecule has 18 heavy (non-hydrogen) atoms. The van der Waals surface area contributed by atoms with Crippen molar-refractivity contribution in [1.82, 2.24) is 5.32 Å². The van der Waals surface area contributed by atoms with Crippen LogP contribution in [0.25, 0.3) is 0 Å². The number of hydrogen-bond donors (Lipinski definition) is 2. The monoisotopic (exact) mass is 372 g/mol. The fourth-order valence-electron chi connectivity index (χ4n) is 1.22. The van der Waals surface area contributed by atoms with Gasteiger partial charge in [-0.05, 0) is 41.6 Å². The number of carbonyl (C=O) groups excluding carboxylic acids is 1. The maximum atomic E-state index is 11.9. The van der Waals surface area contributed by atoms with Gasteiger partial charge in [0.05, 0.1) is 0 Å². The van der Waals surface area contributed by atoms with Gasteiger partial charge in [-0.2, -0.15) is 13.2 Å². The van der Waals surface area contributed by atoms with Crippen LogP contribution in [-0.2, 0) is 4.79 Å². The zero-order valence-corrected chi connectivity index (χ0v) is 11.7. The minimum absolute atomic E-state index is 0.688. The Morgan fingerprint density at radius 2 is 2.00 bits per heavy atom. The van der Waals surface area contributed by atoms with Crippen LogP contribution < -0.4 is 10.6 Å². The lowest BCUT2D eigenvalue weighted by Gasteiger charge is -2.17. The van der Waals surface area contributed by atoms with Gasteiger partial charge in [0.25, 0.3) is 0 Å². The highest BCUT2D eigenvalue weighted by molar-refractivity contribution is 14.1. The van der Waals surface area contributed by atoms with Gasteiger partial charge in [0.1, 0.15) is 12.6 Å². The van der Waals surface area contributed by atoms with E-state index in [2.05, 4.69) is 27.9 Å². The Kier molecular flexibility index (Phi) is 5.24. The number of carbonyl (C=O) groups is 1. The molecule has 0 aliphatic rings. The highest BCUT2D eigenvalue weighted by Crippen LogP contribution is 2.18. The van der Waals surface area contributed by atoms with Gasteiger partial charge in [0.2, 0.25) is 5.91 Å². The Hall–Kier alpha value is -0.990. The van der Waals surface area contributed by atoms with Crippen molar-refractivity contribution in [3.63, 3.8) is 0 Å². The second-order valence-electron chi connectivity index (χ2n) is 3.68. The molecule has 0 heterocycles. The third kappa shape index (κ3) is 5.11. The summed E-state index contributed by atoms with van der Waals surface area (Å²) in [6.07, 6.45) is -4.39. The molecule has 2 N–H and O–H groups in total. The van der Waals surface area contributed by atoms with Crippen molar-refractivity contribution in [2.75, 3.05) is 11.9 Å². The van der Waals surface area contributed by atoms with Crippen molar-refractivity contribution >= 4 is 34.2 Å². The minimum atomic E-state index is -4.39. The summed E-state index contributed by atoms with van der Waals surface area (Å²) < 4.78 is 36.7. The molecule has 0 bridgehead atoms. The van der Waals surface area contributed by atoms with Gasteiger partial charge in [0.15, 0.2) is 0 Å². The molecule has 1 unspecified atom stereocenters. The van der Waals surface area contributed by atoms with Crippen molar-refractivity contribution < 1.29 is 18.0 Å².